The summed E-state index contributed by atoms with van der Waals surface area (Å²) in [7, 11) is -3.39. The standard InChI is InChI=1S/C13H19FN2O3S/c14-12-3-1-2-4-13(12)19-9-10-20(17,18)16-11-5-7-15-8-6-11/h1-4,11,15-16H,5-10H2. The van der Waals surface area contributed by atoms with Gasteiger partial charge in [-0.3, -0.25) is 0 Å². The smallest absolute Gasteiger partial charge is 0.215 e. The van der Waals surface area contributed by atoms with Crippen molar-refractivity contribution < 1.29 is 17.5 Å². The number of hydrogen-bond acceptors (Lipinski definition) is 4. The third-order valence-electron chi connectivity index (χ3n) is 3.13. The van der Waals surface area contributed by atoms with E-state index in [2.05, 4.69) is 10.0 Å². The molecule has 0 aromatic heterocycles. The summed E-state index contributed by atoms with van der Waals surface area (Å²) in [5.74, 6) is -0.591. The number of nitrogens with one attached hydrogen (secondary N) is 2. The molecule has 0 unspecified atom stereocenters. The van der Waals surface area contributed by atoms with E-state index < -0.39 is 15.8 Å². The lowest BCUT2D eigenvalue weighted by atomic mass is 10.1. The largest absolute Gasteiger partial charge is 0.489 e. The van der Waals surface area contributed by atoms with E-state index in [0.717, 1.165) is 25.9 Å². The Labute approximate surface area is 118 Å². The van der Waals surface area contributed by atoms with Gasteiger partial charge in [0, 0.05) is 6.04 Å². The molecule has 5 nitrogen and oxygen atoms in total. The van der Waals surface area contributed by atoms with Crippen LogP contribution in [0.3, 0.4) is 0 Å². The molecule has 0 bridgehead atoms. The number of piperidine rings is 1. The van der Waals surface area contributed by atoms with E-state index in [4.69, 9.17) is 4.74 Å². The summed E-state index contributed by atoms with van der Waals surface area (Å²) in [6, 6.07) is 5.92. The fourth-order valence-electron chi connectivity index (χ4n) is 2.08. The molecule has 0 aliphatic carbocycles. The van der Waals surface area contributed by atoms with Crippen LogP contribution in [0.1, 0.15) is 12.8 Å². The number of halogens is 1. The van der Waals surface area contributed by atoms with E-state index in [1.807, 2.05) is 0 Å². The van der Waals surface area contributed by atoms with Crippen LogP contribution in [0, 0.1) is 5.82 Å². The molecule has 0 spiro atoms. The van der Waals surface area contributed by atoms with Crippen LogP contribution in [0.5, 0.6) is 5.75 Å². The first-order valence-electron chi connectivity index (χ1n) is 6.65. The van der Waals surface area contributed by atoms with Gasteiger partial charge in [-0.25, -0.2) is 17.5 Å². The Morgan fingerprint density at radius 3 is 2.70 bits per heavy atom. The van der Waals surface area contributed by atoms with Gasteiger partial charge in [0.2, 0.25) is 10.0 Å². The summed E-state index contributed by atoms with van der Waals surface area (Å²) in [5.41, 5.74) is 0. The molecule has 1 fully saturated rings. The third kappa shape index (κ3) is 4.73. The molecule has 0 amide bonds. The highest BCUT2D eigenvalue weighted by molar-refractivity contribution is 7.89. The van der Waals surface area contributed by atoms with Crippen molar-refractivity contribution in [2.75, 3.05) is 25.4 Å². The summed E-state index contributed by atoms with van der Waals surface area (Å²) in [6.45, 7) is 1.57. The molecule has 0 radical (unpaired) electrons. The number of ether oxygens (including phenoxy) is 1. The molecule has 1 saturated heterocycles. The quantitative estimate of drug-likeness (QED) is 0.818. The van der Waals surface area contributed by atoms with Crippen molar-refractivity contribution in [1.29, 1.82) is 0 Å². The Kier molecular flexibility index (Phi) is 5.33. The van der Waals surface area contributed by atoms with Gasteiger partial charge < -0.3 is 10.1 Å². The third-order valence-corrected chi connectivity index (χ3v) is 4.53. The first kappa shape index (κ1) is 15.2. The number of para-hydroxylation sites is 1. The predicted octanol–water partition coefficient (Wildman–Crippen LogP) is 0.876. The molecule has 1 heterocycles. The Hall–Kier alpha value is -1.18. The van der Waals surface area contributed by atoms with E-state index in [1.165, 1.54) is 12.1 Å². The predicted molar refractivity (Wildman–Crippen MR) is 74.7 cm³/mol. The molecule has 1 aromatic carbocycles. The molecule has 1 aliphatic rings. The van der Waals surface area contributed by atoms with Gasteiger partial charge in [0.25, 0.3) is 0 Å². The molecule has 1 aliphatic heterocycles. The first-order chi connectivity index (χ1) is 9.57. The molecule has 20 heavy (non-hydrogen) atoms. The Bertz CT molecular complexity index is 530. The summed E-state index contributed by atoms with van der Waals surface area (Å²) in [4.78, 5) is 0. The summed E-state index contributed by atoms with van der Waals surface area (Å²) >= 11 is 0. The van der Waals surface area contributed by atoms with Gasteiger partial charge in [0.05, 0.1) is 5.75 Å². The lowest BCUT2D eigenvalue weighted by Gasteiger charge is -2.23. The fourth-order valence-corrected chi connectivity index (χ4v) is 3.24. The second-order valence-electron chi connectivity index (χ2n) is 4.74. The van der Waals surface area contributed by atoms with Gasteiger partial charge in [-0.2, -0.15) is 0 Å². The SMILES string of the molecule is O=S(=O)(CCOc1ccccc1F)NC1CCNCC1. The van der Waals surface area contributed by atoms with E-state index in [-0.39, 0.29) is 24.2 Å². The lowest BCUT2D eigenvalue weighted by molar-refractivity contribution is 0.321. The average molecular weight is 302 g/mol. The minimum Gasteiger partial charge on any atom is -0.489 e. The zero-order valence-electron chi connectivity index (χ0n) is 11.1. The van der Waals surface area contributed by atoms with Crippen LogP contribution in [-0.4, -0.2) is 39.9 Å². The Balaban J connectivity index is 1.79. The van der Waals surface area contributed by atoms with Gasteiger partial charge in [-0.05, 0) is 38.1 Å². The van der Waals surface area contributed by atoms with Crippen LogP contribution in [-0.2, 0) is 10.0 Å². The van der Waals surface area contributed by atoms with Gasteiger partial charge in [0.15, 0.2) is 11.6 Å². The molecule has 0 atom stereocenters. The minimum absolute atomic E-state index is 0.0188. The van der Waals surface area contributed by atoms with Crippen molar-refractivity contribution in [3.8, 4) is 5.75 Å². The molecule has 7 heteroatoms. The average Bonchev–Trinajstić information content (AvgIpc) is 2.41. The Morgan fingerprint density at radius 1 is 1.30 bits per heavy atom. The summed E-state index contributed by atoms with van der Waals surface area (Å²) in [6.07, 6.45) is 1.57. The lowest BCUT2D eigenvalue weighted by Crippen LogP contribution is -2.44. The normalized spacial score (nSPS) is 17.1. The number of hydrogen-bond donors (Lipinski definition) is 2. The summed E-state index contributed by atoms with van der Waals surface area (Å²) < 4.78 is 44.8. The van der Waals surface area contributed by atoms with Crippen LogP contribution < -0.4 is 14.8 Å². The molecule has 2 rings (SSSR count). The molecular weight excluding hydrogens is 283 g/mol. The highest BCUT2D eigenvalue weighted by Crippen LogP contribution is 2.15. The molecular formula is C13H19FN2O3S. The van der Waals surface area contributed by atoms with Crippen molar-refractivity contribution in [3.05, 3.63) is 30.1 Å². The van der Waals surface area contributed by atoms with Crippen molar-refractivity contribution in [2.45, 2.75) is 18.9 Å². The number of rotatable bonds is 6. The number of benzene rings is 1. The van der Waals surface area contributed by atoms with Crippen LogP contribution in [0.15, 0.2) is 24.3 Å². The van der Waals surface area contributed by atoms with Gasteiger partial charge >= 0.3 is 0 Å². The monoisotopic (exact) mass is 302 g/mol. The van der Waals surface area contributed by atoms with Crippen LogP contribution >= 0.6 is 0 Å². The second kappa shape index (κ2) is 7.01. The maximum atomic E-state index is 13.3. The van der Waals surface area contributed by atoms with E-state index >= 15 is 0 Å². The highest BCUT2D eigenvalue weighted by atomic mass is 32.2. The van der Waals surface area contributed by atoms with Gasteiger partial charge in [-0.15, -0.1) is 0 Å². The van der Waals surface area contributed by atoms with Crippen LogP contribution in [0.2, 0.25) is 0 Å². The van der Waals surface area contributed by atoms with E-state index in [1.54, 1.807) is 12.1 Å². The van der Waals surface area contributed by atoms with E-state index in [9.17, 15) is 12.8 Å². The van der Waals surface area contributed by atoms with Gasteiger partial charge in [-0.1, -0.05) is 12.1 Å². The zero-order chi connectivity index (χ0) is 14.4. The molecule has 2 N–H and O–H groups in total. The second-order valence-corrected chi connectivity index (χ2v) is 6.61. The number of sulfonamides is 1. The summed E-state index contributed by atoms with van der Waals surface area (Å²) in [5, 5.41) is 3.17. The van der Waals surface area contributed by atoms with Crippen molar-refractivity contribution >= 4 is 10.0 Å². The zero-order valence-corrected chi connectivity index (χ0v) is 12.0. The fraction of sp³-hybridized carbons (Fsp3) is 0.538. The maximum Gasteiger partial charge on any atom is 0.215 e. The van der Waals surface area contributed by atoms with Crippen molar-refractivity contribution in [1.82, 2.24) is 10.0 Å². The first-order valence-corrected chi connectivity index (χ1v) is 8.30. The molecule has 1 aromatic rings. The Morgan fingerprint density at radius 2 is 2.00 bits per heavy atom. The van der Waals surface area contributed by atoms with Crippen LogP contribution in [0.4, 0.5) is 4.39 Å². The van der Waals surface area contributed by atoms with Crippen molar-refractivity contribution in [2.24, 2.45) is 0 Å². The van der Waals surface area contributed by atoms with Crippen LogP contribution in [0.25, 0.3) is 0 Å². The van der Waals surface area contributed by atoms with E-state index in [0.29, 0.717) is 0 Å². The topological polar surface area (TPSA) is 67.4 Å². The minimum atomic E-state index is -3.39. The maximum absolute atomic E-state index is 13.3. The molecule has 0 saturated carbocycles. The van der Waals surface area contributed by atoms with Crippen molar-refractivity contribution in [3.63, 3.8) is 0 Å². The van der Waals surface area contributed by atoms with Gasteiger partial charge in [0.1, 0.15) is 6.61 Å². The highest BCUT2D eigenvalue weighted by Gasteiger charge is 2.19. The molecule has 112 valence electrons.